The van der Waals surface area contributed by atoms with Crippen molar-refractivity contribution in [3.8, 4) is 5.75 Å². The van der Waals surface area contributed by atoms with E-state index in [1.54, 1.807) is 23.0 Å². The van der Waals surface area contributed by atoms with Gasteiger partial charge in [0.15, 0.2) is 5.96 Å². The molecule has 10 heteroatoms. The van der Waals surface area contributed by atoms with Crippen molar-refractivity contribution in [1.29, 1.82) is 0 Å². The van der Waals surface area contributed by atoms with Crippen LogP contribution in [0.15, 0.2) is 39.9 Å². The Morgan fingerprint density at radius 1 is 1.35 bits per heavy atom. The number of hydrogen-bond acceptors (Lipinski definition) is 3. The van der Waals surface area contributed by atoms with E-state index in [1.807, 2.05) is 20.0 Å². The van der Waals surface area contributed by atoms with Crippen LogP contribution in [0, 0.1) is 0 Å². The Labute approximate surface area is 176 Å². The van der Waals surface area contributed by atoms with Gasteiger partial charge in [0, 0.05) is 29.8 Å². The fourth-order valence-corrected chi connectivity index (χ4v) is 2.55. The number of guanidine groups is 1. The van der Waals surface area contributed by atoms with E-state index in [0.29, 0.717) is 24.6 Å². The van der Waals surface area contributed by atoms with Crippen LogP contribution in [0.1, 0.15) is 18.2 Å². The zero-order chi connectivity index (χ0) is 18.2. The SMILES string of the molecule is CCNC(=NCc1cc(Br)ccc1OC(F)F)NCc1ccnn1C.I. The quantitative estimate of drug-likeness (QED) is 0.318. The van der Waals surface area contributed by atoms with E-state index in [0.717, 1.165) is 10.2 Å². The van der Waals surface area contributed by atoms with E-state index in [1.165, 1.54) is 6.07 Å². The van der Waals surface area contributed by atoms with Gasteiger partial charge in [0.05, 0.1) is 18.8 Å². The Hall–Kier alpha value is -1.43. The molecular weight excluding hydrogens is 523 g/mol. The maximum absolute atomic E-state index is 12.5. The predicted molar refractivity (Wildman–Crippen MR) is 111 cm³/mol. The maximum atomic E-state index is 12.5. The first-order valence-electron chi connectivity index (χ1n) is 7.72. The van der Waals surface area contributed by atoms with Crippen LogP contribution >= 0.6 is 39.9 Å². The lowest BCUT2D eigenvalue weighted by molar-refractivity contribution is -0.0504. The maximum Gasteiger partial charge on any atom is 0.387 e. The molecule has 1 aromatic heterocycles. The summed E-state index contributed by atoms with van der Waals surface area (Å²) in [7, 11) is 1.86. The Kier molecular flexibility index (Phi) is 9.84. The van der Waals surface area contributed by atoms with Gasteiger partial charge in [-0.3, -0.25) is 4.68 Å². The van der Waals surface area contributed by atoms with Crippen LogP contribution < -0.4 is 15.4 Å². The van der Waals surface area contributed by atoms with Crippen molar-refractivity contribution in [1.82, 2.24) is 20.4 Å². The summed E-state index contributed by atoms with van der Waals surface area (Å²) in [6.07, 6.45) is 1.72. The van der Waals surface area contributed by atoms with E-state index < -0.39 is 6.61 Å². The van der Waals surface area contributed by atoms with E-state index in [2.05, 4.69) is 41.4 Å². The van der Waals surface area contributed by atoms with Gasteiger partial charge in [0.25, 0.3) is 0 Å². The topological polar surface area (TPSA) is 63.5 Å². The van der Waals surface area contributed by atoms with Gasteiger partial charge < -0.3 is 15.4 Å². The molecule has 0 saturated carbocycles. The van der Waals surface area contributed by atoms with Crippen molar-refractivity contribution in [2.45, 2.75) is 26.6 Å². The molecule has 0 saturated heterocycles. The number of nitrogens with zero attached hydrogens (tertiary/aromatic N) is 3. The summed E-state index contributed by atoms with van der Waals surface area (Å²) in [6.45, 7) is 0.491. The van der Waals surface area contributed by atoms with Gasteiger partial charge in [-0.25, -0.2) is 4.99 Å². The van der Waals surface area contributed by atoms with Crippen LogP contribution in [0.4, 0.5) is 8.78 Å². The average Bonchev–Trinajstić information content (AvgIpc) is 2.97. The molecule has 2 N–H and O–H groups in total. The van der Waals surface area contributed by atoms with Gasteiger partial charge >= 0.3 is 6.61 Å². The summed E-state index contributed by atoms with van der Waals surface area (Å²) in [5, 5.41) is 10.4. The molecule has 0 radical (unpaired) electrons. The van der Waals surface area contributed by atoms with Gasteiger partial charge in [-0.05, 0) is 31.2 Å². The standard InChI is InChI=1S/C16H20BrF2N5O.HI/c1-3-20-16(22-10-13-6-7-23-24(13)2)21-9-11-8-12(17)4-5-14(11)25-15(18)19;/h4-8,15H,3,9-10H2,1-2H3,(H2,20,21,22);1H. The van der Waals surface area contributed by atoms with Crippen LogP contribution in [0.25, 0.3) is 0 Å². The fourth-order valence-electron chi connectivity index (χ4n) is 2.14. The monoisotopic (exact) mass is 543 g/mol. The molecule has 2 aromatic rings. The highest BCUT2D eigenvalue weighted by molar-refractivity contribution is 14.0. The number of hydrogen-bond donors (Lipinski definition) is 2. The van der Waals surface area contributed by atoms with Crippen molar-refractivity contribution in [2.24, 2.45) is 12.0 Å². The minimum Gasteiger partial charge on any atom is -0.434 e. The lowest BCUT2D eigenvalue weighted by atomic mass is 10.2. The van der Waals surface area contributed by atoms with Crippen LogP contribution in [0.2, 0.25) is 0 Å². The first-order valence-corrected chi connectivity index (χ1v) is 8.51. The highest BCUT2D eigenvalue weighted by atomic mass is 127. The van der Waals surface area contributed by atoms with Gasteiger partial charge in [0.1, 0.15) is 5.75 Å². The number of rotatable bonds is 7. The molecule has 1 heterocycles. The summed E-state index contributed by atoms with van der Waals surface area (Å²) >= 11 is 3.33. The first-order chi connectivity index (χ1) is 12.0. The summed E-state index contributed by atoms with van der Waals surface area (Å²) in [4.78, 5) is 4.44. The molecular formula is C16H21BrF2IN5O. The van der Waals surface area contributed by atoms with E-state index >= 15 is 0 Å². The number of aromatic nitrogens is 2. The number of aliphatic imine (C=N–C) groups is 1. The lowest BCUT2D eigenvalue weighted by Gasteiger charge is -2.13. The molecule has 1 aromatic carbocycles. The first kappa shape index (κ1) is 22.6. The number of alkyl halides is 2. The zero-order valence-corrected chi connectivity index (χ0v) is 18.3. The third-order valence-electron chi connectivity index (χ3n) is 3.35. The minimum absolute atomic E-state index is 0. The number of benzene rings is 1. The minimum atomic E-state index is -2.87. The molecule has 0 aliphatic rings. The molecule has 144 valence electrons. The van der Waals surface area contributed by atoms with Crippen molar-refractivity contribution in [3.63, 3.8) is 0 Å². The van der Waals surface area contributed by atoms with Crippen LogP contribution in [0.5, 0.6) is 5.75 Å². The summed E-state index contributed by atoms with van der Waals surface area (Å²) in [5.41, 5.74) is 1.56. The molecule has 0 atom stereocenters. The molecule has 2 rings (SSSR count). The second-order valence-electron chi connectivity index (χ2n) is 5.13. The second kappa shape index (κ2) is 11.3. The molecule has 26 heavy (non-hydrogen) atoms. The summed E-state index contributed by atoms with van der Waals surface area (Å²) < 4.78 is 32.2. The van der Waals surface area contributed by atoms with Crippen molar-refractivity contribution in [3.05, 3.63) is 46.2 Å². The molecule has 0 spiro atoms. The normalized spacial score (nSPS) is 11.2. The summed E-state index contributed by atoms with van der Waals surface area (Å²) in [5.74, 6) is 0.691. The van der Waals surface area contributed by atoms with Crippen LogP contribution in [-0.4, -0.2) is 28.9 Å². The van der Waals surface area contributed by atoms with Gasteiger partial charge in [-0.2, -0.15) is 13.9 Å². The van der Waals surface area contributed by atoms with E-state index in [9.17, 15) is 8.78 Å². The van der Waals surface area contributed by atoms with Crippen LogP contribution in [-0.2, 0) is 20.1 Å². The van der Waals surface area contributed by atoms with Gasteiger partial charge in [-0.1, -0.05) is 15.9 Å². The number of ether oxygens (including phenoxy) is 1. The Morgan fingerprint density at radius 2 is 2.12 bits per heavy atom. The van der Waals surface area contributed by atoms with E-state index in [-0.39, 0.29) is 36.3 Å². The Bertz CT molecular complexity index is 726. The number of nitrogens with one attached hydrogen (secondary N) is 2. The molecule has 0 amide bonds. The molecule has 0 aliphatic heterocycles. The average molecular weight is 544 g/mol. The Balaban J connectivity index is 0.00000338. The highest BCUT2D eigenvalue weighted by Crippen LogP contribution is 2.25. The van der Waals surface area contributed by atoms with Gasteiger partial charge in [-0.15, -0.1) is 24.0 Å². The Morgan fingerprint density at radius 3 is 2.73 bits per heavy atom. The third kappa shape index (κ3) is 7.06. The van der Waals surface area contributed by atoms with E-state index in [4.69, 9.17) is 0 Å². The largest absolute Gasteiger partial charge is 0.434 e. The number of halogens is 4. The highest BCUT2D eigenvalue weighted by Gasteiger charge is 2.10. The van der Waals surface area contributed by atoms with Gasteiger partial charge in [0.2, 0.25) is 0 Å². The zero-order valence-electron chi connectivity index (χ0n) is 14.4. The second-order valence-corrected chi connectivity index (χ2v) is 6.04. The molecule has 0 aliphatic carbocycles. The third-order valence-corrected chi connectivity index (χ3v) is 3.84. The molecule has 0 bridgehead atoms. The smallest absolute Gasteiger partial charge is 0.387 e. The number of aryl methyl sites for hydroxylation is 1. The predicted octanol–water partition coefficient (Wildman–Crippen LogP) is 3.66. The van der Waals surface area contributed by atoms with Crippen molar-refractivity contribution >= 4 is 45.9 Å². The molecule has 0 fully saturated rings. The lowest BCUT2D eigenvalue weighted by Crippen LogP contribution is -2.37. The fraction of sp³-hybridized carbons (Fsp3) is 0.375. The molecule has 6 nitrogen and oxygen atoms in total. The van der Waals surface area contributed by atoms with Crippen molar-refractivity contribution in [2.75, 3.05) is 6.54 Å². The van der Waals surface area contributed by atoms with Crippen LogP contribution in [0.3, 0.4) is 0 Å². The summed E-state index contributed by atoms with van der Waals surface area (Å²) in [6, 6.07) is 6.76. The molecule has 0 unspecified atom stereocenters. The van der Waals surface area contributed by atoms with Crippen molar-refractivity contribution < 1.29 is 13.5 Å².